The van der Waals surface area contributed by atoms with Crippen molar-refractivity contribution in [2.24, 2.45) is 5.92 Å². The van der Waals surface area contributed by atoms with E-state index in [4.69, 9.17) is 4.74 Å². The summed E-state index contributed by atoms with van der Waals surface area (Å²) in [5.74, 6) is 1.99. The van der Waals surface area contributed by atoms with E-state index in [9.17, 15) is 0 Å². The van der Waals surface area contributed by atoms with E-state index >= 15 is 0 Å². The molecule has 4 heteroatoms. The maximum Gasteiger partial charge on any atom is 0.106 e. The SMILES string of the molecule is Cc1nc2c(n1CCOCC1CC1)CCNC2. The third-order valence-electron chi connectivity index (χ3n) is 3.69. The fourth-order valence-corrected chi connectivity index (χ4v) is 2.49. The first-order valence-corrected chi connectivity index (χ1v) is 6.68. The molecule has 0 atom stereocenters. The third kappa shape index (κ3) is 2.53. The second-order valence-corrected chi connectivity index (χ2v) is 5.15. The zero-order chi connectivity index (χ0) is 11.7. The lowest BCUT2D eigenvalue weighted by Gasteiger charge is -2.15. The molecule has 0 bridgehead atoms. The Balaban J connectivity index is 1.58. The van der Waals surface area contributed by atoms with Crippen LogP contribution in [0.1, 0.15) is 30.1 Å². The topological polar surface area (TPSA) is 39.1 Å². The second-order valence-electron chi connectivity index (χ2n) is 5.15. The number of aryl methyl sites for hydroxylation is 1. The lowest BCUT2D eigenvalue weighted by atomic mass is 10.2. The second kappa shape index (κ2) is 4.78. The van der Waals surface area contributed by atoms with Crippen LogP contribution in [0.3, 0.4) is 0 Å². The first kappa shape index (κ1) is 11.2. The predicted octanol–water partition coefficient (Wildman–Crippen LogP) is 1.26. The number of nitrogens with one attached hydrogen (secondary N) is 1. The highest BCUT2D eigenvalue weighted by atomic mass is 16.5. The molecular formula is C13H21N3O. The quantitative estimate of drug-likeness (QED) is 0.781. The molecule has 1 aliphatic carbocycles. The Kier molecular flexibility index (Phi) is 3.16. The molecule has 3 rings (SSSR count). The van der Waals surface area contributed by atoms with Gasteiger partial charge in [-0.3, -0.25) is 0 Å². The maximum atomic E-state index is 5.71. The number of aromatic nitrogens is 2. The van der Waals surface area contributed by atoms with Gasteiger partial charge in [-0.1, -0.05) is 0 Å². The summed E-state index contributed by atoms with van der Waals surface area (Å²) in [7, 11) is 0. The van der Waals surface area contributed by atoms with Crippen LogP contribution in [0, 0.1) is 12.8 Å². The number of hydrogen-bond acceptors (Lipinski definition) is 3. The van der Waals surface area contributed by atoms with Crippen molar-refractivity contribution in [3.63, 3.8) is 0 Å². The largest absolute Gasteiger partial charge is 0.379 e. The first-order chi connectivity index (χ1) is 8.34. The van der Waals surface area contributed by atoms with Gasteiger partial charge in [0.25, 0.3) is 0 Å². The molecule has 1 aromatic heterocycles. The zero-order valence-electron chi connectivity index (χ0n) is 10.5. The number of nitrogens with zero attached hydrogens (tertiary/aromatic N) is 2. The number of hydrogen-bond donors (Lipinski definition) is 1. The molecule has 0 saturated heterocycles. The van der Waals surface area contributed by atoms with Gasteiger partial charge in [-0.05, 0) is 25.7 Å². The minimum atomic E-state index is 0.827. The van der Waals surface area contributed by atoms with Crippen molar-refractivity contribution < 1.29 is 4.74 Å². The van der Waals surface area contributed by atoms with Crippen molar-refractivity contribution in [3.05, 3.63) is 17.2 Å². The molecule has 17 heavy (non-hydrogen) atoms. The van der Waals surface area contributed by atoms with E-state index in [-0.39, 0.29) is 0 Å². The van der Waals surface area contributed by atoms with Crippen LogP contribution >= 0.6 is 0 Å². The Morgan fingerprint density at radius 2 is 2.35 bits per heavy atom. The normalized spacial score (nSPS) is 19.4. The molecule has 94 valence electrons. The van der Waals surface area contributed by atoms with Gasteiger partial charge in [0.15, 0.2) is 0 Å². The standard InChI is InChI=1S/C13H21N3O/c1-10-15-12-8-14-5-4-13(12)16(10)6-7-17-9-11-2-3-11/h11,14H,2-9H2,1H3. The van der Waals surface area contributed by atoms with Crippen molar-refractivity contribution >= 4 is 0 Å². The molecular weight excluding hydrogens is 214 g/mol. The number of fused-ring (bicyclic) bond motifs is 1. The van der Waals surface area contributed by atoms with Gasteiger partial charge in [0.05, 0.1) is 12.3 Å². The number of ether oxygens (including phenoxy) is 1. The van der Waals surface area contributed by atoms with E-state index in [1.54, 1.807) is 0 Å². The fraction of sp³-hybridized carbons (Fsp3) is 0.769. The molecule has 4 nitrogen and oxygen atoms in total. The molecule has 0 amide bonds. The summed E-state index contributed by atoms with van der Waals surface area (Å²) in [5, 5.41) is 3.36. The lowest BCUT2D eigenvalue weighted by molar-refractivity contribution is 0.116. The maximum absolute atomic E-state index is 5.71. The first-order valence-electron chi connectivity index (χ1n) is 6.68. The minimum absolute atomic E-state index is 0.827. The molecule has 0 spiro atoms. The molecule has 2 heterocycles. The average molecular weight is 235 g/mol. The molecule has 2 aliphatic rings. The van der Waals surface area contributed by atoms with Crippen LogP contribution in [0.2, 0.25) is 0 Å². The molecule has 1 aromatic rings. The van der Waals surface area contributed by atoms with E-state index in [1.165, 1.54) is 24.2 Å². The van der Waals surface area contributed by atoms with E-state index in [2.05, 4.69) is 21.8 Å². The molecule has 0 radical (unpaired) electrons. The van der Waals surface area contributed by atoms with Gasteiger partial charge < -0.3 is 14.6 Å². The van der Waals surface area contributed by atoms with Crippen LogP contribution in [-0.4, -0.2) is 29.3 Å². The van der Waals surface area contributed by atoms with Crippen LogP contribution < -0.4 is 5.32 Å². The molecule has 1 N–H and O–H groups in total. The highest BCUT2D eigenvalue weighted by Crippen LogP contribution is 2.28. The van der Waals surface area contributed by atoms with E-state index in [0.29, 0.717) is 0 Å². The van der Waals surface area contributed by atoms with Crippen LogP contribution in [0.5, 0.6) is 0 Å². The Hall–Kier alpha value is -0.870. The van der Waals surface area contributed by atoms with Crippen LogP contribution in [0.4, 0.5) is 0 Å². The van der Waals surface area contributed by atoms with Crippen molar-refractivity contribution in [3.8, 4) is 0 Å². The molecule has 1 aliphatic heterocycles. The highest BCUT2D eigenvalue weighted by Gasteiger charge is 2.21. The highest BCUT2D eigenvalue weighted by molar-refractivity contribution is 5.19. The molecule has 1 saturated carbocycles. The van der Waals surface area contributed by atoms with Crippen molar-refractivity contribution in [1.29, 1.82) is 0 Å². The van der Waals surface area contributed by atoms with Crippen molar-refractivity contribution in [2.75, 3.05) is 19.8 Å². The van der Waals surface area contributed by atoms with E-state index in [1.807, 2.05) is 0 Å². The minimum Gasteiger partial charge on any atom is -0.379 e. The average Bonchev–Trinajstić information content (AvgIpc) is 3.09. The summed E-state index contributed by atoms with van der Waals surface area (Å²) in [4.78, 5) is 4.62. The van der Waals surface area contributed by atoms with Crippen molar-refractivity contribution in [2.45, 2.75) is 39.3 Å². The van der Waals surface area contributed by atoms with Gasteiger partial charge in [-0.2, -0.15) is 0 Å². The summed E-state index contributed by atoms with van der Waals surface area (Å²) < 4.78 is 8.05. The Morgan fingerprint density at radius 1 is 1.47 bits per heavy atom. The fourth-order valence-electron chi connectivity index (χ4n) is 2.49. The Labute approximate surface area is 102 Å². The zero-order valence-corrected chi connectivity index (χ0v) is 10.5. The van der Waals surface area contributed by atoms with E-state index < -0.39 is 0 Å². The number of imidazole rings is 1. The summed E-state index contributed by atoms with van der Waals surface area (Å²) in [6, 6.07) is 0. The number of rotatable bonds is 5. The summed E-state index contributed by atoms with van der Waals surface area (Å²) in [6.07, 6.45) is 3.83. The lowest BCUT2D eigenvalue weighted by Crippen LogP contribution is -2.25. The summed E-state index contributed by atoms with van der Waals surface area (Å²) in [6.45, 7) is 6.83. The Morgan fingerprint density at radius 3 is 3.18 bits per heavy atom. The smallest absolute Gasteiger partial charge is 0.106 e. The van der Waals surface area contributed by atoms with Gasteiger partial charge in [0, 0.05) is 38.4 Å². The van der Waals surface area contributed by atoms with Gasteiger partial charge in [-0.15, -0.1) is 0 Å². The summed E-state index contributed by atoms with van der Waals surface area (Å²) in [5.41, 5.74) is 2.65. The molecule has 1 fully saturated rings. The monoisotopic (exact) mass is 235 g/mol. The Bertz CT molecular complexity index is 396. The van der Waals surface area contributed by atoms with Crippen LogP contribution in [0.15, 0.2) is 0 Å². The van der Waals surface area contributed by atoms with Gasteiger partial charge in [0.2, 0.25) is 0 Å². The molecule has 0 unspecified atom stereocenters. The predicted molar refractivity (Wildman–Crippen MR) is 65.9 cm³/mol. The third-order valence-corrected chi connectivity index (χ3v) is 3.69. The van der Waals surface area contributed by atoms with Gasteiger partial charge in [0.1, 0.15) is 5.82 Å². The van der Waals surface area contributed by atoms with Crippen molar-refractivity contribution in [1.82, 2.24) is 14.9 Å². The molecule has 0 aromatic carbocycles. The van der Waals surface area contributed by atoms with E-state index in [0.717, 1.165) is 51.0 Å². The van der Waals surface area contributed by atoms with Crippen LogP contribution in [-0.2, 0) is 24.2 Å². The van der Waals surface area contributed by atoms with Crippen LogP contribution in [0.25, 0.3) is 0 Å². The summed E-state index contributed by atoms with van der Waals surface area (Å²) >= 11 is 0. The van der Waals surface area contributed by atoms with Gasteiger partial charge >= 0.3 is 0 Å². The van der Waals surface area contributed by atoms with Gasteiger partial charge in [-0.25, -0.2) is 4.98 Å².